The molecule has 0 unspecified atom stereocenters. The Morgan fingerprint density at radius 1 is 1.12 bits per heavy atom. The van der Waals surface area contributed by atoms with Gasteiger partial charge in [-0.3, -0.25) is 4.98 Å². The summed E-state index contributed by atoms with van der Waals surface area (Å²) in [6.45, 7) is 0. The number of nitrogens with one attached hydrogen (secondary N) is 1. The van der Waals surface area contributed by atoms with E-state index in [-0.39, 0.29) is 0 Å². The number of aromatic nitrogens is 3. The molecule has 0 bridgehead atoms. The number of hydrogen-bond donors (Lipinski definition) is 1. The fourth-order valence-corrected chi connectivity index (χ4v) is 1.50. The van der Waals surface area contributed by atoms with Crippen LogP contribution in [0.3, 0.4) is 0 Å². The van der Waals surface area contributed by atoms with E-state index in [0.717, 1.165) is 11.0 Å². The van der Waals surface area contributed by atoms with Gasteiger partial charge in [0, 0.05) is 23.8 Å². The van der Waals surface area contributed by atoms with Gasteiger partial charge in [0.15, 0.2) is 0 Å². The predicted octanol–water partition coefficient (Wildman–Crippen LogP) is 2.75. The molecule has 0 radical (unpaired) electrons. The van der Waals surface area contributed by atoms with Crippen molar-refractivity contribution in [3.63, 3.8) is 0 Å². The van der Waals surface area contributed by atoms with Crippen molar-refractivity contribution >= 4 is 11.0 Å². The van der Waals surface area contributed by atoms with Gasteiger partial charge in [-0.25, -0.2) is 0 Å². The molecule has 0 aromatic carbocycles. The molecule has 0 atom stereocenters. The summed E-state index contributed by atoms with van der Waals surface area (Å²) < 4.78 is 5.56. The van der Waals surface area contributed by atoms with Crippen LogP contribution in [0.4, 0.5) is 0 Å². The lowest BCUT2D eigenvalue weighted by molar-refractivity contribution is 0.462. The number of aromatic amines is 1. The third-order valence-corrected chi connectivity index (χ3v) is 2.24. The Bertz CT molecular complexity index is 604. The Labute approximate surface area is 91.9 Å². The van der Waals surface area contributed by atoms with Crippen LogP contribution in [0.1, 0.15) is 0 Å². The van der Waals surface area contributed by atoms with Crippen LogP contribution >= 0.6 is 0 Å². The van der Waals surface area contributed by atoms with Crippen molar-refractivity contribution in [2.45, 2.75) is 0 Å². The summed E-state index contributed by atoms with van der Waals surface area (Å²) in [5.74, 6) is 1.24. The first-order chi connectivity index (χ1) is 7.92. The number of nitrogens with zero attached hydrogens (tertiary/aromatic N) is 2. The molecule has 4 heteroatoms. The van der Waals surface area contributed by atoms with Gasteiger partial charge >= 0.3 is 0 Å². The Balaban J connectivity index is 1.94. The molecular weight excluding hydrogens is 202 g/mol. The lowest BCUT2D eigenvalue weighted by Gasteiger charge is -2.03. The number of pyridine rings is 2. The summed E-state index contributed by atoms with van der Waals surface area (Å²) in [6.07, 6.45) is 5.21. The quantitative estimate of drug-likeness (QED) is 0.709. The van der Waals surface area contributed by atoms with Crippen LogP contribution in [0.25, 0.3) is 11.0 Å². The fourth-order valence-electron chi connectivity index (χ4n) is 1.50. The van der Waals surface area contributed by atoms with E-state index in [1.165, 1.54) is 0 Å². The molecule has 3 heterocycles. The second kappa shape index (κ2) is 3.66. The Hall–Kier alpha value is -2.36. The zero-order chi connectivity index (χ0) is 10.8. The van der Waals surface area contributed by atoms with Crippen molar-refractivity contribution in [3.05, 3.63) is 48.9 Å². The predicted molar refractivity (Wildman–Crippen MR) is 60.4 cm³/mol. The highest BCUT2D eigenvalue weighted by molar-refractivity contribution is 5.75. The number of rotatable bonds is 2. The molecule has 1 N–H and O–H groups in total. The monoisotopic (exact) mass is 211 g/mol. The van der Waals surface area contributed by atoms with Crippen LogP contribution in [0.2, 0.25) is 0 Å². The Morgan fingerprint density at radius 3 is 3.00 bits per heavy atom. The summed E-state index contributed by atoms with van der Waals surface area (Å²) in [5, 5.41) is 1.07. The highest BCUT2D eigenvalue weighted by atomic mass is 16.5. The summed E-state index contributed by atoms with van der Waals surface area (Å²) in [7, 11) is 0. The lowest BCUT2D eigenvalue weighted by Crippen LogP contribution is -1.88. The van der Waals surface area contributed by atoms with E-state index >= 15 is 0 Å². The van der Waals surface area contributed by atoms with Crippen molar-refractivity contribution in [1.82, 2.24) is 15.0 Å². The summed E-state index contributed by atoms with van der Waals surface area (Å²) in [4.78, 5) is 11.3. The number of H-pyrrole nitrogens is 1. The molecule has 0 spiro atoms. The zero-order valence-electron chi connectivity index (χ0n) is 8.42. The molecule has 0 saturated heterocycles. The standard InChI is InChI=1S/C12H9N3O/c1-2-10(8-13-6-1)16-11-4-3-9-5-7-14-12(9)15-11/h1-8H,(H,14,15). The second-order valence-electron chi connectivity index (χ2n) is 3.36. The normalized spacial score (nSPS) is 10.5. The highest BCUT2D eigenvalue weighted by Gasteiger charge is 2.01. The molecule has 0 amide bonds. The smallest absolute Gasteiger partial charge is 0.221 e. The molecule has 3 aromatic rings. The van der Waals surface area contributed by atoms with Gasteiger partial charge in [-0.15, -0.1) is 0 Å². The van der Waals surface area contributed by atoms with Crippen LogP contribution < -0.4 is 4.74 Å². The third-order valence-electron chi connectivity index (χ3n) is 2.24. The molecule has 0 aliphatic heterocycles. The minimum Gasteiger partial charge on any atom is -0.437 e. The third kappa shape index (κ3) is 1.61. The van der Waals surface area contributed by atoms with Crippen molar-refractivity contribution < 1.29 is 4.74 Å². The maximum absolute atomic E-state index is 5.56. The minimum atomic E-state index is 0.558. The fraction of sp³-hybridized carbons (Fsp3) is 0. The van der Waals surface area contributed by atoms with E-state index < -0.39 is 0 Å². The van der Waals surface area contributed by atoms with E-state index in [4.69, 9.17) is 4.74 Å². The Morgan fingerprint density at radius 2 is 2.12 bits per heavy atom. The van der Waals surface area contributed by atoms with E-state index in [0.29, 0.717) is 11.6 Å². The van der Waals surface area contributed by atoms with Gasteiger partial charge in [0.1, 0.15) is 11.4 Å². The van der Waals surface area contributed by atoms with Crippen LogP contribution in [0.5, 0.6) is 11.6 Å². The number of ether oxygens (including phenoxy) is 1. The van der Waals surface area contributed by atoms with Crippen molar-refractivity contribution in [2.75, 3.05) is 0 Å². The first-order valence-electron chi connectivity index (χ1n) is 4.94. The maximum atomic E-state index is 5.56. The number of fused-ring (bicyclic) bond motifs is 1. The van der Waals surface area contributed by atoms with Crippen LogP contribution in [0.15, 0.2) is 48.9 Å². The van der Waals surface area contributed by atoms with Gasteiger partial charge in [0.2, 0.25) is 5.88 Å². The van der Waals surface area contributed by atoms with Crippen molar-refractivity contribution in [2.24, 2.45) is 0 Å². The van der Waals surface area contributed by atoms with Gasteiger partial charge in [-0.2, -0.15) is 4.98 Å². The molecule has 3 rings (SSSR count). The van der Waals surface area contributed by atoms with Gasteiger partial charge in [-0.05, 0) is 24.3 Å². The van der Waals surface area contributed by atoms with E-state index in [2.05, 4.69) is 15.0 Å². The first kappa shape index (κ1) is 8.91. The molecule has 16 heavy (non-hydrogen) atoms. The molecule has 3 aromatic heterocycles. The average molecular weight is 211 g/mol. The van der Waals surface area contributed by atoms with Gasteiger partial charge in [0.05, 0.1) is 6.20 Å². The molecular formula is C12H9N3O. The number of hydrogen-bond acceptors (Lipinski definition) is 3. The topological polar surface area (TPSA) is 50.8 Å². The molecule has 0 fully saturated rings. The first-order valence-corrected chi connectivity index (χ1v) is 4.94. The summed E-state index contributed by atoms with van der Waals surface area (Å²) in [5.41, 5.74) is 0.821. The van der Waals surface area contributed by atoms with Gasteiger partial charge < -0.3 is 9.72 Å². The van der Waals surface area contributed by atoms with Crippen LogP contribution in [0, 0.1) is 0 Å². The van der Waals surface area contributed by atoms with Gasteiger partial charge in [-0.1, -0.05) is 0 Å². The van der Waals surface area contributed by atoms with Crippen LogP contribution in [-0.2, 0) is 0 Å². The summed E-state index contributed by atoms with van der Waals surface area (Å²) >= 11 is 0. The largest absolute Gasteiger partial charge is 0.437 e. The van der Waals surface area contributed by atoms with E-state index in [1.54, 1.807) is 12.4 Å². The highest BCUT2D eigenvalue weighted by Crippen LogP contribution is 2.20. The average Bonchev–Trinajstić information content (AvgIpc) is 2.77. The van der Waals surface area contributed by atoms with Gasteiger partial charge in [0.25, 0.3) is 0 Å². The van der Waals surface area contributed by atoms with Crippen molar-refractivity contribution in [3.8, 4) is 11.6 Å². The second-order valence-corrected chi connectivity index (χ2v) is 3.36. The summed E-state index contributed by atoms with van der Waals surface area (Å²) in [6, 6.07) is 9.43. The molecule has 0 saturated carbocycles. The van der Waals surface area contributed by atoms with E-state index in [9.17, 15) is 0 Å². The maximum Gasteiger partial charge on any atom is 0.221 e. The zero-order valence-corrected chi connectivity index (χ0v) is 8.42. The molecule has 78 valence electrons. The van der Waals surface area contributed by atoms with Crippen molar-refractivity contribution in [1.29, 1.82) is 0 Å². The molecule has 0 aliphatic carbocycles. The molecule has 0 aliphatic rings. The Kier molecular flexibility index (Phi) is 2.04. The minimum absolute atomic E-state index is 0.558. The van der Waals surface area contributed by atoms with Crippen LogP contribution in [-0.4, -0.2) is 15.0 Å². The lowest BCUT2D eigenvalue weighted by atomic mass is 10.3. The SMILES string of the molecule is c1cncc(Oc2ccc3cc[nH]c3n2)c1. The molecule has 4 nitrogen and oxygen atoms in total. The van der Waals surface area contributed by atoms with E-state index in [1.807, 2.05) is 36.5 Å².